The Balaban J connectivity index is 1.98. The van der Waals surface area contributed by atoms with E-state index in [-0.39, 0.29) is 18.7 Å². The second-order valence-corrected chi connectivity index (χ2v) is 4.02. The van der Waals surface area contributed by atoms with Crippen molar-refractivity contribution in [1.29, 1.82) is 0 Å². The van der Waals surface area contributed by atoms with Crippen LogP contribution in [0.3, 0.4) is 0 Å². The normalized spacial score (nSPS) is 16.8. The standard InChI is InChI=1S/C11H12BNO5/c14-9(3-4-10(15)16)13-6-1-2-7-8(5-6)12-18-11(7)17/h1-2,5,11-12,17H,3-4H2,(H,13,14)(H,15,16). The number of hydrogen-bond donors (Lipinski definition) is 3. The molecule has 18 heavy (non-hydrogen) atoms. The topological polar surface area (TPSA) is 95.9 Å². The first-order chi connectivity index (χ1) is 8.56. The molecule has 3 N–H and O–H groups in total. The van der Waals surface area contributed by atoms with Crippen LogP contribution in [0.15, 0.2) is 18.2 Å². The highest BCUT2D eigenvalue weighted by molar-refractivity contribution is 6.49. The van der Waals surface area contributed by atoms with Gasteiger partial charge < -0.3 is 20.2 Å². The maximum atomic E-state index is 11.4. The van der Waals surface area contributed by atoms with Gasteiger partial charge in [0, 0.05) is 17.7 Å². The predicted molar refractivity (Wildman–Crippen MR) is 64.8 cm³/mol. The first-order valence-corrected chi connectivity index (χ1v) is 5.50. The molecule has 1 unspecified atom stereocenters. The van der Waals surface area contributed by atoms with Crippen molar-refractivity contribution in [3.63, 3.8) is 0 Å². The summed E-state index contributed by atoms with van der Waals surface area (Å²) in [6.45, 7) is 0. The Morgan fingerprint density at radius 2 is 2.17 bits per heavy atom. The van der Waals surface area contributed by atoms with Crippen LogP contribution in [-0.2, 0) is 14.2 Å². The largest absolute Gasteiger partial charge is 0.481 e. The van der Waals surface area contributed by atoms with Gasteiger partial charge in [-0.1, -0.05) is 6.07 Å². The molecule has 6 nitrogen and oxygen atoms in total. The van der Waals surface area contributed by atoms with Crippen LogP contribution in [0.4, 0.5) is 5.69 Å². The number of amides is 1. The van der Waals surface area contributed by atoms with Gasteiger partial charge in [0.2, 0.25) is 5.91 Å². The number of carboxylic acids is 1. The fraction of sp³-hybridized carbons (Fsp3) is 0.273. The van der Waals surface area contributed by atoms with Crippen molar-refractivity contribution in [2.45, 2.75) is 19.1 Å². The maximum Gasteiger partial charge on any atom is 0.312 e. The third kappa shape index (κ3) is 2.88. The van der Waals surface area contributed by atoms with Crippen LogP contribution in [0.5, 0.6) is 0 Å². The van der Waals surface area contributed by atoms with Crippen molar-refractivity contribution < 1.29 is 24.5 Å². The molecule has 94 valence electrons. The molecule has 0 radical (unpaired) electrons. The van der Waals surface area contributed by atoms with Crippen LogP contribution in [-0.4, -0.2) is 29.6 Å². The Labute approximate surface area is 104 Å². The van der Waals surface area contributed by atoms with Crippen LogP contribution in [0.2, 0.25) is 0 Å². The predicted octanol–water partition coefficient (Wildman–Crippen LogP) is -0.512. The number of rotatable bonds is 4. The van der Waals surface area contributed by atoms with Crippen LogP contribution in [0.25, 0.3) is 0 Å². The third-order valence-electron chi connectivity index (χ3n) is 2.66. The minimum absolute atomic E-state index is 0.0639. The van der Waals surface area contributed by atoms with E-state index < -0.39 is 12.3 Å². The van der Waals surface area contributed by atoms with Crippen LogP contribution in [0.1, 0.15) is 24.7 Å². The van der Waals surface area contributed by atoms with E-state index in [0.717, 1.165) is 5.46 Å². The Morgan fingerprint density at radius 3 is 2.89 bits per heavy atom. The fourth-order valence-electron chi connectivity index (χ4n) is 1.75. The number of hydrogen-bond acceptors (Lipinski definition) is 4. The lowest BCUT2D eigenvalue weighted by molar-refractivity contribution is -0.138. The van der Waals surface area contributed by atoms with Gasteiger partial charge in [-0.05, 0) is 17.6 Å². The quantitative estimate of drug-likeness (QED) is 0.624. The molecule has 0 saturated heterocycles. The number of carbonyl (C=O) groups is 2. The Bertz CT molecular complexity index is 490. The van der Waals surface area contributed by atoms with Gasteiger partial charge in [-0.15, -0.1) is 0 Å². The lowest BCUT2D eigenvalue weighted by Gasteiger charge is -2.07. The minimum Gasteiger partial charge on any atom is -0.481 e. The summed E-state index contributed by atoms with van der Waals surface area (Å²) in [5.41, 5.74) is 2.08. The molecule has 0 spiro atoms. The molecule has 1 aliphatic rings. The zero-order valence-electron chi connectivity index (χ0n) is 9.55. The molecule has 1 amide bonds. The van der Waals surface area contributed by atoms with Gasteiger partial charge in [0.25, 0.3) is 0 Å². The van der Waals surface area contributed by atoms with Gasteiger partial charge >= 0.3 is 13.5 Å². The summed E-state index contributed by atoms with van der Waals surface area (Å²) in [6, 6.07) is 5.04. The molecule has 2 rings (SSSR count). The van der Waals surface area contributed by atoms with Crippen LogP contribution < -0.4 is 10.8 Å². The summed E-state index contributed by atoms with van der Waals surface area (Å²) in [5.74, 6) is -1.35. The highest BCUT2D eigenvalue weighted by atomic mass is 16.6. The van der Waals surface area contributed by atoms with Gasteiger partial charge in [0.15, 0.2) is 6.29 Å². The van der Waals surface area contributed by atoms with E-state index in [1.165, 1.54) is 0 Å². The molecular formula is C11H12BNO5. The summed E-state index contributed by atoms with van der Waals surface area (Å²) >= 11 is 0. The van der Waals surface area contributed by atoms with E-state index in [1.807, 2.05) is 0 Å². The van der Waals surface area contributed by atoms with E-state index >= 15 is 0 Å². The first-order valence-electron chi connectivity index (χ1n) is 5.50. The number of aliphatic hydroxyl groups excluding tert-OH is 1. The lowest BCUT2D eigenvalue weighted by Crippen LogP contribution is -2.17. The lowest BCUT2D eigenvalue weighted by atomic mass is 9.87. The molecular weight excluding hydrogens is 237 g/mol. The molecule has 0 aromatic heterocycles. The Hall–Kier alpha value is -1.86. The molecule has 1 aromatic carbocycles. The van der Waals surface area contributed by atoms with Crippen molar-refractivity contribution in [3.8, 4) is 0 Å². The van der Waals surface area contributed by atoms with Crippen molar-refractivity contribution in [1.82, 2.24) is 0 Å². The molecule has 0 bridgehead atoms. The molecule has 1 atom stereocenters. The van der Waals surface area contributed by atoms with E-state index in [9.17, 15) is 14.7 Å². The second-order valence-electron chi connectivity index (χ2n) is 4.02. The molecule has 0 aliphatic carbocycles. The van der Waals surface area contributed by atoms with E-state index in [4.69, 9.17) is 9.76 Å². The average molecular weight is 249 g/mol. The maximum absolute atomic E-state index is 11.4. The van der Waals surface area contributed by atoms with Crippen molar-refractivity contribution in [2.75, 3.05) is 5.32 Å². The molecule has 0 saturated carbocycles. The molecule has 1 aromatic rings. The smallest absolute Gasteiger partial charge is 0.312 e. The Kier molecular flexibility index (Phi) is 3.64. The second kappa shape index (κ2) is 5.20. The summed E-state index contributed by atoms with van der Waals surface area (Å²) in [5, 5.41) is 20.5. The number of aliphatic carboxylic acids is 1. The summed E-state index contributed by atoms with van der Waals surface area (Å²) in [4.78, 5) is 21.7. The zero-order chi connectivity index (χ0) is 13.1. The fourth-order valence-corrected chi connectivity index (χ4v) is 1.75. The van der Waals surface area contributed by atoms with Crippen molar-refractivity contribution >= 4 is 30.5 Å². The van der Waals surface area contributed by atoms with Gasteiger partial charge in [0.1, 0.15) is 0 Å². The first kappa shape index (κ1) is 12.6. The molecule has 0 fully saturated rings. The number of benzene rings is 1. The van der Waals surface area contributed by atoms with Gasteiger partial charge in [0.05, 0.1) is 6.42 Å². The molecule has 1 heterocycles. The van der Waals surface area contributed by atoms with E-state index in [1.54, 1.807) is 18.2 Å². The number of carbonyl (C=O) groups excluding carboxylic acids is 1. The number of fused-ring (bicyclic) bond motifs is 1. The van der Waals surface area contributed by atoms with E-state index in [2.05, 4.69) is 5.32 Å². The van der Waals surface area contributed by atoms with Crippen molar-refractivity contribution in [3.05, 3.63) is 23.8 Å². The van der Waals surface area contributed by atoms with Crippen molar-refractivity contribution in [2.24, 2.45) is 0 Å². The van der Waals surface area contributed by atoms with Crippen LogP contribution in [0, 0.1) is 0 Å². The average Bonchev–Trinajstić information content (AvgIpc) is 2.68. The highest BCUT2D eigenvalue weighted by Gasteiger charge is 2.22. The SMILES string of the molecule is O=C(O)CCC(=O)Nc1ccc2c(c1)BOC2O. The Morgan fingerprint density at radius 1 is 1.39 bits per heavy atom. The van der Waals surface area contributed by atoms with Crippen LogP contribution >= 0.6 is 0 Å². The molecule has 7 heteroatoms. The van der Waals surface area contributed by atoms with E-state index in [0.29, 0.717) is 18.7 Å². The summed E-state index contributed by atoms with van der Waals surface area (Å²) in [7, 11) is 0.301. The number of anilines is 1. The van der Waals surface area contributed by atoms with Gasteiger partial charge in [-0.25, -0.2) is 0 Å². The minimum atomic E-state index is -1.00. The molecule has 1 aliphatic heterocycles. The zero-order valence-corrected chi connectivity index (χ0v) is 9.55. The number of nitrogens with one attached hydrogen (secondary N) is 1. The summed E-state index contributed by atoms with van der Waals surface area (Å²) < 4.78 is 5.03. The highest BCUT2D eigenvalue weighted by Crippen LogP contribution is 2.19. The third-order valence-corrected chi connectivity index (χ3v) is 2.66. The summed E-state index contributed by atoms with van der Waals surface area (Å²) in [6.07, 6.45) is -1.17. The van der Waals surface area contributed by atoms with Gasteiger partial charge in [-0.2, -0.15) is 0 Å². The van der Waals surface area contributed by atoms with Gasteiger partial charge in [-0.3, -0.25) is 9.59 Å². The number of carboxylic acid groups (broad SMARTS) is 1. The number of aliphatic hydroxyl groups is 1. The monoisotopic (exact) mass is 249 g/mol.